The van der Waals surface area contributed by atoms with E-state index in [1.54, 1.807) is 0 Å². The third-order valence-corrected chi connectivity index (χ3v) is 4.15. The minimum Gasteiger partial charge on any atom is -0.241 e. The van der Waals surface area contributed by atoms with Gasteiger partial charge >= 0.3 is 0 Å². The van der Waals surface area contributed by atoms with E-state index in [1.165, 1.54) is 43.5 Å². The molecule has 1 aliphatic rings. The summed E-state index contributed by atoms with van der Waals surface area (Å²) in [5.74, 6) is 0. The zero-order valence-electron chi connectivity index (χ0n) is 12.6. The van der Waals surface area contributed by atoms with Crippen LogP contribution in [0.2, 0.25) is 0 Å². The van der Waals surface area contributed by atoms with Gasteiger partial charge in [0.05, 0.1) is 0 Å². The molecule has 1 fully saturated rings. The highest BCUT2D eigenvalue weighted by atomic mass is 15.6. The second-order valence-electron chi connectivity index (χ2n) is 5.81. The van der Waals surface area contributed by atoms with Gasteiger partial charge in [-0.15, -0.1) is 0 Å². The third kappa shape index (κ3) is 4.16. The summed E-state index contributed by atoms with van der Waals surface area (Å²) in [5.41, 5.74) is 2.78. The highest BCUT2D eigenvalue weighted by Gasteiger charge is 2.18. The zero-order valence-corrected chi connectivity index (χ0v) is 12.6. The van der Waals surface area contributed by atoms with Crippen LogP contribution >= 0.6 is 0 Å². The minimum atomic E-state index is 0.996. The van der Waals surface area contributed by atoms with Gasteiger partial charge in [0.25, 0.3) is 0 Å². The molecule has 0 bridgehead atoms. The monoisotopic (exact) mass is 280 g/mol. The van der Waals surface area contributed by atoms with Crippen LogP contribution in [0.5, 0.6) is 0 Å². The third-order valence-electron chi connectivity index (χ3n) is 4.15. The molecule has 0 N–H and O–H groups in total. The SMILES string of the molecule is c1ccc(CN(Cc2ccccc2)N2CCCCC2)cc1. The van der Waals surface area contributed by atoms with E-state index in [2.05, 4.69) is 70.7 Å². The minimum absolute atomic E-state index is 0.996. The fourth-order valence-electron chi connectivity index (χ4n) is 3.00. The first-order valence-electron chi connectivity index (χ1n) is 7.99. The van der Waals surface area contributed by atoms with Crippen LogP contribution in [0.4, 0.5) is 0 Å². The Hall–Kier alpha value is -1.64. The molecular formula is C19H24N2. The number of rotatable bonds is 5. The summed E-state index contributed by atoms with van der Waals surface area (Å²) < 4.78 is 0. The molecule has 0 radical (unpaired) electrons. The quantitative estimate of drug-likeness (QED) is 0.814. The van der Waals surface area contributed by atoms with E-state index in [9.17, 15) is 0 Å². The van der Waals surface area contributed by atoms with Crippen molar-refractivity contribution in [3.8, 4) is 0 Å². The van der Waals surface area contributed by atoms with Crippen molar-refractivity contribution in [2.24, 2.45) is 0 Å². The van der Waals surface area contributed by atoms with Crippen LogP contribution in [-0.4, -0.2) is 23.1 Å². The lowest BCUT2D eigenvalue weighted by Gasteiger charge is -2.37. The summed E-state index contributed by atoms with van der Waals surface area (Å²) >= 11 is 0. The van der Waals surface area contributed by atoms with Crippen molar-refractivity contribution < 1.29 is 0 Å². The topological polar surface area (TPSA) is 6.48 Å². The molecule has 0 aliphatic carbocycles. The van der Waals surface area contributed by atoms with E-state index >= 15 is 0 Å². The molecule has 1 aliphatic heterocycles. The predicted octanol–water partition coefficient (Wildman–Crippen LogP) is 4.09. The summed E-state index contributed by atoms with van der Waals surface area (Å²) in [4.78, 5) is 0. The van der Waals surface area contributed by atoms with Crippen LogP contribution in [0.1, 0.15) is 30.4 Å². The standard InChI is InChI=1S/C19H24N2/c1-4-10-18(11-5-1)16-21(20-14-8-3-9-15-20)17-19-12-6-2-7-13-19/h1-2,4-7,10-13H,3,8-9,14-17H2. The van der Waals surface area contributed by atoms with Gasteiger partial charge in [-0.1, -0.05) is 67.1 Å². The smallest absolute Gasteiger partial charge is 0.0387 e. The van der Waals surface area contributed by atoms with Crippen LogP contribution in [0.25, 0.3) is 0 Å². The van der Waals surface area contributed by atoms with Crippen molar-refractivity contribution in [1.82, 2.24) is 10.0 Å². The maximum atomic E-state index is 2.55. The maximum Gasteiger partial charge on any atom is 0.0387 e. The van der Waals surface area contributed by atoms with E-state index < -0.39 is 0 Å². The second-order valence-corrected chi connectivity index (χ2v) is 5.81. The van der Waals surface area contributed by atoms with Crippen molar-refractivity contribution in [3.05, 3.63) is 71.8 Å². The molecule has 3 rings (SSSR count). The van der Waals surface area contributed by atoms with E-state index in [0.717, 1.165) is 13.1 Å². The first-order chi connectivity index (χ1) is 10.4. The van der Waals surface area contributed by atoms with Crippen molar-refractivity contribution in [2.45, 2.75) is 32.4 Å². The van der Waals surface area contributed by atoms with Gasteiger partial charge in [-0.25, -0.2) is 10.0 Å². The number of piperidine rings is 1. The van der Waals surface area contributed by atoms with Gasteiger partial charge in [-0.3, -0.25) is 0 Å². The van der Waals surface area contributed by atoms with Gasteiger partial charge in [-0.05, 0) is 24.0 Å². The molecule has 2 nitrogen and oxygen atoms in total. The molecule has 2 aromatic rings. The molecule has 0 aromatic heterocycles. The molecule has 0 saturated carbocycles. The van der Waals surface area contributed by atoms with Crippen LogP contribution < -0.4 is 0 Å². The summed E-state index contributed by atoms with van der Waals surface area (Å²) in [6.07, 6.45) is 4.02. The number of hydrogen-bond acceptors (Lipinski definition) is 2. The summed E-state index contributed by atoms with van der Waals surface area (Å²) in [7, 11) is 0. The highest BCUT2D eigenvalue weighted by Crippen LogP contribution is 2.17. The Morgan fingerprint density at radius 2 is 1.14 bits per heavy atom. The number of benzene rings is 2. The van der Waals surface area contributed by atoms with Crippen LogP contribution in [-0.2, 0) is 13.1 Å². The molecule has 110 valence electrons. The Morgan fingerprint density at radius 1 is 0.667 bits per heavy atom. The molecule has 2 heteroatoms. The number of hydrazine groups is 1. The molecular weight excluding hydrogens is 256 g/mol. The second kappa shape index (κ2) is 7.39. The molecule has 2 aromatic carbocycles. The van der Waals surface area contributed by atoms with Crippen molar-refractivity contribution in [2.75, 3.05) is 13.1 Å². The highest BCUT2D eigenvalue weighted by molar-refractivity contribution is 5.16. The first-order valence-corrected chi connectivity index (χ1v) is 7.99. The van der Waals surface area contributed by atoms with Crippen molar-refractivity contribution in [1.29, 1.82) is 0 Å². The average molecular weight is 280 g/mol. The first kappa shape index (κ1) is 14.3. The lowest BCUT2D eigenvalue weighted by atomic mass is 10.1. The maximum absolute atomic E-state index is 2.55. The van der Waals surface area contributed by atoms with Crippen molar-refractivity contribution in [3.63, 3.8) is 0 Å². The zero-order chi connectivity index (χ0) is 14.3. The van der Waals surface area contributed by atoms with Crippen LogP contribution in [0.3, 0.4) is 0 Å². The molecule has 1 heterocycles. The summed E-state index contributed by atoms with van der Waals surface area (Å²) in [6.45, 7) is 4.38. The Morgan fingerprint density at radius 3 is 1.62 bits per heavy atom. The average Bonchev–Trinajstić information content (AvgIpc) is 2.57. The van der Waals surface area contributed by atoms with E-state index in [1.807, 2.05) is 0 Å². The molecule has 1 saturated heterocycles. The Labute approximate surface area is 128 Å². The van der Waals surface area contributed by atoms with Gasteiger partial charge in [-0.2, -0.15) is 0 Å². The predicted molar refractivity (Wildman–Crippen MR) is 87.6 cm³/mol. The van der Waals surface area contributed by atoms with Gasteiger partial charge < -0.3 is 0 Å². The normalized spacial score (nSPS) is 16.2. The van der Waals surface area contributed by atoms with Gasteiger partial charge in [0.2, 0.25) is 0 Å². The van der Waals surface area contributed by atoms with Gasteiger partial charge in [0.15, 0.2) is 0 Å². The molecule has 21 heavy (non-hydrogen) atoms. The number of hydrogen-bond donors (Lipinski definition) is 0. The van der Waals surface area contributed by atoms with E-state index in [0.29, 0.717) is 0 Å². The molecule has 0 spiro atoms. The fraction of sp³-hybridized carbons (Fsp3) is 0.368. The van der Waals surface area contributed by atoms with Crippen molar-refractivity contribution >= 4 is 0 Å². The van der Waals surface area contributed by atoms with E-state index in [-0.39, 0.29) is 0 Å². The molecule has 0 atom stereocenters. The van der Waals surface area contributed by atoms with Crippen LogP contribution in [0.15, 0.2) is 60.7 Å². The molecule has 0 amide bonds. The Bertz CT molecular complexity index is 476. The largest absolute Gasteiger partial charge is 0.241 e. The van der Waals surface area contributed by atoms with Crippen LogP contribution in [0, 0.1) is 0 Å². The molecule has 0 unspecified atom stereocenters. The Kier molecular flexibility index (Phi) is 5.03. The van der Waals surface area contributed by atoms with Gasteiger partial charge in [0.1, 0.15) is 0 Å². The number of nitrogens with zero attached hydrogens (tertiary/aromatic N) is 2. The van der Waals surface area contributed by atoms with E-state index in [4.69, 9.17) is 0 Å². The van der Waals surface area contributed by atoms with Gasteiger partial charge in [0, 0.05) is 26.2 Å². The summed E-state index contributed by atoms with van der Waals surface area (Å²) in [5, 5.41) is 5.06. The lowest BCUT2D eigenvalue weighted by molar-refractivity contribution is -0.0544. The Balaban J connectivity index is 1.73. The summed E-state index contributed by atoms with van der Waals surface area (Å²) in [6, 6.07) is 21.6. The fourth-order valence-corrected chi connectivity index (χ4v) is 3.00. The lowest BCUT2D eigenvalue weighted by Crippen LogP contribution is -2.44.